The summed E-state index contributed by atoms with van der Waals surface area (Å²) in [5.74, 6) is -0.861. The summed E-state index contributed by atoms with van der Waals surface area (Å²) in [5.41, 5.74) is 1.65. The number of nitrogens with zero attached hydrogens (tertiary/aromatic N) is 2. The minimum absolute atomic E-state index is 0.0277. The normalized spacial score (nSPS) is 12.0. The summed E-state index contributed by atoms with van der Waals surface area (Å²) < 4.78 is 28.7. The maximum absolute atomic E-state index is 14.0. The van der Waals surface area contributed by atoms with E-state index in [1.165, 1.54) is 23.1 Å². The molecule has 3 aromatic rings. The SMILES string of the molecule is CCCNC(=O)[C@@H](CC)N(Cc1ccccc1Cl)C(=O)CN(c1ccc(C)c(Cl)c1)S(=O)(=O)c1ccccc1. The summed E-state index contributed by atoms with van der Waals surface area (Å²) in [7, 11) is -4.16. The van der Waals surface area contributed by atoms with Crippen LogP contribution in [-0.4, -0.2) is 44.3 Å². The Balaban J connectivity index is 2.07. The highest BCUT2D eigenvalue weighted by atomic mass is 35.5. The lowest BCUT2D eigenvalue weighted by atomic mass is 10.1. The van der Waals surface area contributed by atoms with Gasteiger partial charge in [0.1, 0.15) is 12.6 Å². The van der Waals surface area contributed by atoms with Crippen molar-refractivity contribution >= 4 is 50.7 Å². The maximum atomic E-state index is 14.0. The fraction of sp³-hybridized carbons (Fsp3) is 0.310. The molecule has 1 N–H and O–H groups in total. The zero-order valence-electron chi connectivity index (χ0n) is 22.2. The van der Waals surface area contributed by atoms with Crippen LogP contribution in [0.5, 0.6) is 0 Å². The molecule has 0 aliphatic carbocycles. The Hall–Kier alpha value is -3.07. The maximum Gasteiger partial charge on any atom is 0.264 e. The molecule has 0 aliphatic rings. The summed E-state index contributed by atoms with van der Waals surface area (Å²) in [5, 5.41) is 3.67. The smallest absolute Gasteiger partial charge is 0.264 e. The predicted molar refractivity (Wildman–Crippen MR) is 157 cm³/mol. The molecular weight excluding hydrogens is 557 g/mol. The summed E-state index contributed by atoms with van der Waals surface area (Å²) in [4.78, 5) is 28.6. The second kappa shape index (κ2) is 13.8. The number of anilines is 1. The van der Waals surface area contributed by atoms with Crippen molar-refractivity contribution < 1.29 is 18.0 Å². The van der Waals surface area contributed by atoms with Crippen LogP contribution in [0, 0.1) is 6.92 Å². The van der Waals surface area contributed by atoms with Crippen LogP contribution in [-0.2, 0) is 26.2 Å². The first-order valence-corrected chi connectivity index (χ1v) is 14.9. The number of sulfonamides is 1. The van der Waals surface area contributed by atoms with Gasteiger partial charge in [-0.1, -0.05) is 79.5 Å². The third kappa shape index (κ3) is 7.53. The summed E-state index contributed by atoms with van der Waals surface area (Å²) >= 11 is 12.8. The van der Waals surface area contributed by atoms with Crippen LogP contribution < -0.4 is 9.62 Å². The molecule has 2 amide bonds. The Morgan fingerprint density at radius 3 is 2.21 bits per heavy atom. The molecule has 3 rings (SSSR count). The van der Waals surface area contributed by atoms with Crippen LogP contribution in [0.2, 0.25) is 10.0 Å². The molecule has 0 saturated heterocycles. The molecule has 0 radical (unpaired) electrons. The van der Waals surface area contributed by atoms with E-state index in [0.29, 0.717) is 28.6 Å². The van der Waals surface area contributed by atoms with Crippen LogP contribution >= 0.6 is 23.2 Å². The molecule has 0 fully saturated rings. The molecule has 0 aromatic heterocycles. The Labute approximate surface area is 240 Å². The van der Waals surface area contributed by atoms with Gasteiger partial charge in [-0.15, -0.1) is 0 Å². The molecule has 10 heteroatoms. The van der Waals surface area contributed by atoms with Gasteiger partial charge in [-0.25, -0.2) is 8.42 Å². The summed E-state index contributed by atoms with van der Waals surface area (Å²) in [6.45, 7) is 5.50. The van der Waals surface area contributed by atoms with E-state index in [1.54, 1.807) is 68.4 Å². The molecule has 0 aliphatic heterocycles. The van der Waals surface area contributed by atoms with Crippen LogP contribution in [0.4, 0.5) is 5.69 Å². The second-order valence-corrected chi connectivity index (χ2v) is 11.8. The van der Waals surface area contributed by atoms with Gasteiger partial charge in [0, 0.05) is 23.1 Å². The number of carbonyl (C=O) groups excluding carboxylic acids is 2. The molecule has 0 saturated carbocycles. The number of hydrogen-bond acceptors (Lipinski definition) is 4. The zero-order chi connectivity index (χ0) is 28.6. The van der Waals surface area contributed by atoms with Crippen molar-refractivity contribution in [1.29, 1.82) is 0 Å². The van der Waals surface area contributed by atoms with E-state index in [-0.39, 0.29) is 23.0 Å². The number of rotatable bonds is 12. The lowest BCUT2D eigenvalue weighted by Gasteiger charge is -2.33. The summed E-state index contributed by atoms with van der Waals surface area (Å²) in [6, 6.07) is 18.9. The average molecular weight is 591 g/mol. The third-order valence-electron chi connectivity index (χ3n) is 6.29. The third-order valence-corrected chi connectivity index (χ3v) is 8.85. The largest absolute Gasteiger partial charge is 0.354 e. The molecule has 0 heterocycles. The van der Waals surface area contributed by atoms with Crippen molar-refractivity contribution in [2.24, 2.45) is 0 Å². The highest BCUT2D eigenvalue weighted by Crippen LogP contribution is 2.29. The number of amides is 2. The molecule has 0 bridgehead atoms. The van der Waals surface area contributed by atoms with Crippen LogP contribution in [0.25, 0.3) is 0 Å². The molecule has 39 heavy (non-hydrogen) atoms. The Bertz CT molecular complexity index is 1400. The number of carbonyl (C=O) groups is 2. The highest BCUT2D eigenvalue weighted by molar-refractivity contribution is 7.92. The van der Waals surface area contributed by atoms with Crippen LogP contribution in [0.15, 0.2) is 77.7 Å². The highest BCUT2D eigenvalue weighted by Gasteiger charge is 2.34. The van der Waals surface area contributed by atoms with Gasteiger partial charge in [-0.05, 0) is 61.2 Å². The Morgan fingerprint density at radius 2 is 1.59 bits per heavy atom. The second-order valence-electron chi connectivity index (χ2n) is 9.09. The van der Waals surface area contributed by atoms with Crippen molar-refractivity contribution in [2.45, 2.75) is 51.1 Å². The molecule has 0 spiro atoms. The molecule has 7 nitrogen and oxygen atoms in total. The Kier molecular flexibility index (Phi) is 10.8. The Morgan fingerprint density at radius 1 is 0.923 bits per heavy atom. The van der Waals surface area contributed by atoms with Crippen molar-refractivity contribution in [3.63, 3.8) is 0 Å². The van der Waals surface area contributed by atoms with E-state index in [9.17, 15) is 18.0 Å². The number of aryl methyl sites for hydroxylation is 1. The summed E-state index contributed by atoms with van der Waals surface area (Å²) in [6.07, 6.45) is 1.06. The molecular formula is C29H33Cl2N3O4S. The van der Waals surface area contributed by atoms with Crippen molar-refractivity contribution in [3.8, 4) is 0 Å². The average Bonchev–Trinajstić information content (AvgIpc) is 2.93. The molecule has 208 valence electrons. The number of benzene rings is 3. The van der Waals surface area contributed by atoms with Gasteiger partial charge >= 0.3 is 0 Å². The lowest BCUT2D eigenvalue weighted by molar-refractivity contribution is -0.140. The molecule has 3 aromatic carbocycles. The van der Waals surface area contributed by atoms with Crippen LogP contribution in [0.1, 0.15) is 37.8 Å². The van der Waals surface area contributed by atoms with E-state index >= 15 is 0 Å². The molecule has 0 unspecified atom stereocenters. The fourth-order valence-corrected chi connectivity index (χ4v) is 5.88. The standard InChI is InChI=1S/C29H33Cl2N3O4S/c1-4-17-32-29(36)27(5-2)33(19-22-11-9-10-14-25(22)30)28(35)20-34(23-16-15-21(3)26(31)18-23)39(37,38)24-12-7-6-8-13-24/h6-16,18,27H,4-5,17,19-20H2,1-3H3,(H,32,36)/t27-/m1/s1. The number of nitrogens with one attached hydrogen (secondary N) is 1. The fourth-order valence-electron chi connectivity index (χ4n) is 4.08. The van der Waals surface area contributed by atoms with Crippen molar-refractivity contribution in [3.05, 3.63) is 94.0 Å². The first-order chi connectivity index (χ1) is 18.6. The van der Waals surface area contributed by atoms with Gasteiger partial charge < -0.3 is 10.2 Å². The number of halogens is 2. The van der Waals surface area contributed by atoms with E-state index in [0.717, 1.165) is 16.3 Å². The van der Waals surface area contributed by atoms with E-state index in [2.05, 4.69) is 5.32 Å². The lowest BCUT2D eigenvalue weighted by Crippen LogP contribution is -2.52. The minimum Gasteiger partial charge on any atom is -0.354 e. The van der Waals surface area contributed by atoms with E-state index in [4.69, 9.17) is 23.2 Å². The first kappa shape index (κ1) is 30.5. The van der Waals surface area contributed by atoms with Gasteiger partial charge in [0.05, 0.1) is 10.6 Å². The van der Waals surface area contributed by atoms with Crippen LogP contribution in [0.3, 0.4) is 0 Å². The van der Waals surface area contributed by atoms with Gasteiger partial charge in [0.25, 0.3) is 10.0 Å². The zero-order valence-corrected chi connectivity index (χ0v) is 24.6. The van der Waals surface area contributed by atoms with Gasteiger partial charge in [0.15, 0.2) is 0 Å². The van der Waals surface area contributed by atoms with Crippen molar-refractivity contribution in [1.82, 2.24) is 10.2 Å². The molecule has 1 atom stereocenters. The minimum atomic E-state index is -4.16. The number of hydrogen-bond donors (Lipinski definition) is 1. The predicted octanol–water partition coefficient (Wildman–Crippen LogP) is 5.83. The quantitative estimate of drug-likeness (QED) is 0.288. The van der Waals surface area contributed by atoms with Gasteiger partial charge in [-0.2, -0.15) is 0 Å². The first-order valence-electron chi connectivity index (χ1n) is 12.7. The van der Waals surface area contributed by atoms with Gasteiger partial charge in [-0.3, -0.25) is 13.9 Å². The topological polar surface area (TPSA) is 86.8 Å². The van der Waals surface area contributed by atoms with Gasteiger partial charge in [0.2, 0.25) is 11.8 Å². The monoisotopic (exact) mass is 589 g/mol. The van der Waals surface area contributed by atoms with E-state index in [1.807, 2.05) is 6.92 Å². The van der Waals surface area contributed by atoms with Crippen molar-refractivity contribution in [2.75, 3.05) is 17.4 Å². The van der Waals surface area contributed by atoms with E-state index < -0.39 is 28.5 Å².